The summed E-state index contributed by atoms with van der Waals surface area (Å²) in [5.41, 5.74) is 8.96. The summed E-state index contributed by atoms with van der Waals surface area (Å²) in [5.74, 6) is 0. The molecule has 84 valence electrons. The van der Waals surface area contributed by atoms with Gasteiger partial charge in [-0.15, -0.1) is 0 Å². The van der Waals surface area contributed by atoms with Gasteiger partial charge in [-0.25, -0.2) is 0 Å². The van der Waals surface area contributed by atoms with Crippen molar-refractivity contribution < 1.29 is 0 Å². The van der Waals surface area contributed by atoms with Gasteiger partial charge in [-0.05, 0) is 37.2 Å². The van der Waals surface area contributed by atoms with E-state index in [1.165, 1.54) is 0 Å². The van der Waals surface area contributed by atoms with Crippen LogP contribution in [-0.4, -0.2) is 18.0 Å². The molecule has 15 heavy (non-hydrogen) atoms. The molecule has 0 aliphatic carbocycles. The summed E-state index contributed by atoms with van der Waals surface area (Å²) < 4.78 is 0. The normalized spacial score (nSPS) is 11.0. The van der Waals surface area contributed by atoms with Gasteiger partial charge in [0, 0.05) is 6.54 Å². The van der Waals surface area contributed by atoms with Gasteiger partial charge in [-0.2, -0.15) is 0 Å². The van der Waals surface area contributed by atoms with Gasteiger partial charge in [0.05, 0.1) is 10.7 Å². The van der Waals surface area contributed by atoms with E-state index in [0.29, 0.717) is 10.7 Å². The molecule has 0 aliphatic rings. The van der Waals surface area contributed by atoms with Crippen molar-refractivity contribution in [3.8, 4) is 0 Å². The summed E-state index contributed by atoms with van der Waals surface area (Å²) in [6.45, 7) is 9.27. The molecule has 2 N–H and O–H groups in total. The lowest BCUT2D eigenvalue weighted by atomic mass is 10.1. The van der Waals surface area contributed by atoms with Crippen molar-refractivity contribution >= 4 is 17.3 Å². The second-order valence-electron chi connectivity index (χ2n) is 3.78. The Bertz CT molecular complexity index is 333. The van der Waals surface area contributed by atoms with E-state index in [1.54, 1.807) is 0 Å². The highest BCUT2D eigenvalue weighted by Crippen LogP contribution is 2.25. The first kappa shape index (κ1) is 12.3. The summed E-state index contributed by atoms with van der Waals surface area (Å²) in [7, 11) is 0. The minimum Gasteiger partial charge on any atom is -0.397 e. The molecule has 1 rings (SSSR count). The van der Waals surface area contributed by atoms with Gasteiger partial charge >= 0.3 is 0 Å². The maximum absolute atomic E-state index is 6.05. The minimum atomic E-state index is 0.664. The van der Waals surface area contributed by atoms with Crippen molar-refractivity contribution in [3.05, 3.63) is 28.3 Å². The van der Waals surface area contributed by atoms with E-state index in [-0.39, 0.29) is 0 Å². The van der Waals surface area contributed by atoms with Crippen LogP contribution in [0.5, 0.6) is 0 Å². The molecule has 0 aliphatic heterocycles. The summed E-state index contributed by atoms with van der Waals surface area (Å²) in [6.07, 6.45) is 0. The summed E-state index contributed by atoms with van der Waals surface area (Å²) in [4.78, 5) is 2.32. The van der Waals surface area contributed by atoms with Crippen LogP contribution >= 0.6 is 11.6 Å². The monoisotopic (exact) mass is 226 g/mol. The highest BCUT2D eigenvalue weighted by Gasteiger charge is 2.08. The maximum Gasteiger partial charge on any atom is 0.0641 e. The quantitative estimate of drug-likeness (QED) is 0.800. The number of anilines is 1. The number of rotatable bonds is 4. The fourth-order valence-electron chi connectivity index (χ4n) is 1.64. The average Bonchev–Trinajstić information content (AvgIpc) is 2.21. The van der Waals surface area contributed by atoms with Crippen LogP contribution in [0.4, 0.5) is 5.69 Å². The number of aryl methyl sites for hydroxylation is 1. The number of nitrogens with zero attached hydrogens (tertiary/aromatic N) is 1. The molecule has 2 nitrogen and oxygen atoms in total. The number of hydrogen-bond donors (Lipinski definition) is 1. The van der Waals surface area contributed by atoms with E-state index in [2.05, 4.69) is 24.8 Å². The Morgan fingerprint density at radius 2 is 1.87 bits per heavy atom. The minimum absolute atomic E-state index is 0.664. The predicted molar refractivity (Wildman–Crippen MR) is 67.2 cm³/mol. The lowest BCUT2D eigenvalue weighted by Gasteiger charge is -2.19. The van der Waals surface area contributed by atoms with Crippen LogP contribution in [0.2, 0.25) is 5.02 Å². The Labute approximate surface area is 97.0 Å². The van der Waals surface area contributed by atoms with Crippen molar-refractivity contribution in [3.63, 3.8) is 0 Å². The third kappa shape index (κ3) is 3.11. The van der Waals surface area contributed by atoms with E-state index < -0.39 is 0 Å². The molecule has 0 heterocycles. The largest absolute Gasteiger partial charge is 0.397 e. The van der Waals surface area contributed by atoms with Crippen molar-refractivity contribution in [2.75, 3.05) is 18.8 Å². The third-order valence-electron chi connectivity index (χ3n) is 2.65. The van der Waals surface area contributed by atoms with Gasteiger partial charge in [0.25, 0.3) is 0 Å². The SMILES string of the molecule is CCN(CC)Cc1cc(C)cc(Cl)c1N. The van der Waals surface area contributed by atoms with Gasteiger partial charge in [0.15, 0.2) is 0 Å². The zero-order chi connectivity index (χ0) is 11.4. The standard InChI is InChI=1S/C12H19ClN2/c1-4-15(5-2)8-10-6-9(3)7-11(13)12(10)14/h6-7H,4-5,8,14H2,1-3H3. The third-order valence-corrected chi connectivity index (χ3v) is 2.96. The zero-order valence-corrected chi connectivity index (χ0v) is 10.4. The number of nitrogen functional groups attached to an aromatic ring is 1. The number of hydrogen-bond acceptors (Lipinski definition) is 2. The van der Waals surface area contributed by atoms with E-state index in [9.17, 15) is 0 Å². The molecule has 0 spiro atoms. The summed E-state index contributed by atoms with van der Waals surface area (Å²) in [5, 5.41) is 0.664. The Hall–Kier alpha value is -0.730. The molecular formula is C12H19ClN2. The number of nitrogens with two attached hydrogens (primary N) is 1. The molecule has 1 aromatic rings. The topological polar surface area (TPSA) is 29.3 Å². The first-order chi connectivity index (χ1) is 7.08. The second kappa shape index (κ2) is 5.38. The van der Waals surface area contributed by atoms with Gasteiger partial charge in [0.2, 0.25) is 0 Å². The van der Waals surface area contributed by atoms with E-state index in [1.807, 2.05) is 13.0 Å². The van der Waals surface area contributed by atoms with Crippen LogP contribution in [0.3, 0.4) is 0 Å². The Kier molecular flexibility index (Phi) is 4.43. The number of halogens is 1. The second-order valence-corrected chi connectivity index (χ2v) is 4.19. The van der Waals surface area contributed by atoms with Crippen molar-refractivity contribution in [1.29, 1.82) is 0 Å². The van der Waals surface area contributed by atoms with E-state index in [0.717, 1.165) is 30.8 Å². The molecule has 3 heteroatoms. The smallest absolute Gasteiger partial charge is 0.0641 e. The lowest BCUT2D eigenvalue weighted by molar-refractivity contribution is 0.296. The first-order valence-corrected chi connectivity index (χ1v) is 5.73. The van der Waals surface area contributed by atoms with Crippen molar-refractivity contribution in [2.45, 2.75) is 27.3 Å². The van der Waals surface area contributed by atoms with Gasteiger partial charge in [0.1, 0.15) is 0 Å². The molecule has 1 aromatic carbocycles. The van der Waals surface area contributed by atoms with Crippen LogP contribution in [0.1, 0.15) is 25.0 Å². The molecule has 0 unspecified atom stereocenters. The average molecular weight is 227 g/mol. The lowest BCUT2D eigenvalue weighted by Crippen LogP contribution is -2.22. The highest BCUT2D eigenvalue weighted by molar-refractivity contribution is 6.33. The van der Waals surface area contributed by atoms with Crippen LogP contribution < -0.4 is 5.73 Å². The molecule has 0 amide bonds. The van der Waals surface area contributed by atoms with Crippen LogP contribution in [-0.2, 0) is 6.54 Å². The molecule has 0 fully saturated rings. The Morgan fingerprint density at radius 3 is 2.40 bits per heavy atom. The molecule has 0 saturated carbocycles. The van der Waals surface area contributed by atoms with Gasteiger partial charge in [-0.1, -0.05) is 31.5 Å². The van der Waals surface area contributed by atoms with Crippen molar-refractivity contribution in [2.24, 2.45) is 0 Å². The fourth-order valence-corrected chi connectivity index (χ4v) is 1.94. The summed E-state index contributed by atoms with van der Waals surface area (Å²) >= 11 is 6.05. The molecule has 0 bridgehead atoms. The van der Waals surface area contributed by atoms with E-state index >= 15 is 0 Å². The molecule has 0 radical (unpaired) electrons. The van der Waals surface area contributed by atoms with Crippen LogP contribution in [0, 0.1) is 6.92 Å². The molecule has 0 saturated heterocycles. The number of benzene rings is 1. The molecular weight excluding hydrogens is 208 g/mol. The molecule has 0 aromatic heterocycles. The Balaban J connectivity index is 2.93. The predicted octanol–water partition coefficient (Wildman–Crippen LogP) is 3.07. The summed E-state index contributed by atoms with van der Waals surface area (Å²) in [6, 6.07) is 4.02. The Morgan fingerprint density at radius 1 is 1.27 bits per heavy atom. The first-order valence-electron chi connectivity index (χ1n) is 5.35. The van der Waals surface area contributed by atoms with Crippen molar-refractivity contribution in [1.82, 2.24) is 4.90 Å². The van der Waals surface area contributed by atoms with Crippen LogP contribution in [0.25, 0.3) is 0 Å². The maximum atomic E-state index is 6.05. The van der Waals surface area contributed by atoms with Gasteiger partial charge < -0.3 is 5.73 Å². The van der Waals surface area contributed by atoms with Gasteiger partial charge in [-0.3, -0.25) is 4.90 Å². The zero-order valence-electron chi connectivity index (χ0n) is 9.68. The molecule has 0 atom stereocenters. The van der Waals surface area contributed by atoms with E-state index in [4.69, 9.17) is 17.3 Å². The van der Waals surface area contributed by atoms with Crippen LogP contribution in [0.15, 0.2) is 12.1 Å². The fraction of sp³-hybridized carbons (Fsp3) is 0.500. The highest BCUT2D eigenvalue weighted by atomic mass is 35.5.